The normalized spacial score (nSPS) is 10.5. The average Bonchev–Trinajstić information content (AvgIpc) is 2.58. The Morgan fingerprint density at radius 1 is 1.00 bits per heavy atom. The molecule has 0 saturated heterocycles. The van der Waals surface area contributed by atoms with E-state index < -0.39 is 0 Å². The van der Waals surface area contributed by atoms with Crippen molar-refractivity contribution in [1.29, 1.82) is 0 Å². The summed E-state index contributed by atoms with van der Waals surface area (Å²) in [5, 5.41) is 3.65. The molecule has 0 aromatic heterocycles. The van der Waals surface area contributed by atoms with Gasteiger partial charge in [-0.15, -0.1) is 0 Å². The maximum atomic E-state index is 12.8. The molecule has 0 fully saturated rings. The lowest BCUT2D eigenvalue weighted by atomic mass is 9.96. The van der Waals surface area contributed by atoms with E-state index in [2.05, 4.69) is 11.4 Å². The number of ketones is 1. The van der Waals surface area contributed by atoms with E-state index in [4.69, 9.17) is 11.6 Å². The number of carbonyl (C=O) groups excluding carboxylic acids is 1. The number of benzene rings is 3. The number of carbonyl (C=O) groups is 1. The van der Waals surface area contributed by atoms with Crippen LogP contribution in [0, 0.1) is 19.9 Å². The zero-order valence-corrected chi connectivity index (χ0v) is 14.3. The first-order valence-corrected chi connectivity index (χ1v) is 8.08. The molecule has 3 aromatic rings. The summed E-state index contributed by atoms with van der Waals surface area (Å²) >= 11 is 6.36. The molecule has 0 unspecified atom stereocenters. The van der Waals surface area contributed by atoms with E-state index in [9.17, 15) is 4.79 Å². The van der Waals surface area contributed by atoms with Crippen molar-refractivity contribution >= 4 is 28.8 Å². The fourth-order valence-corrected chi connectivity index (χ4v) is 2.81. The standard InChI is InChI=1S/C21H17ClNO/c1-14-7-6-10-18(15(14)2)21(24)19-12-11-17(13-20(19)22)23-16-8-4-3-5-9-16/h3-8,10-13,23H,1-2H3. The van der Waals surface area contributed by atoms with Gasteiger partial charge in [-0.1, -0.05) is 48.0 Å². The van der Waals surface area contributed by atoms with E-state index >= 15 is 0 Å². The van der Waals surface area contributed by atoms with E-state index in [1.165, 1.54) is 0 Å². The summed E-state index contributed by atoms with van der Waals surface area (Å²) in [5.74, 6) is -0.0565. The van der Waals surface area contributed by atoms with Crippen LogP contribution in [0.4, 0.5) is 11.4 Å². The zero-order chi connectivity index (χ0) is 17.1. The number of rotatable bonds is 4. The predicted molar refractivity (Wildman–Crippen MR) is 99.4 cm³/mol. The molecule has 0 heterocycles. The first kappa shape index (κ1) is 16.3. The summed E-state index contributed by atoms with van der Waals surface area (Å²) in [6.07, 6.45) is 0. The maximum absolute atomic E-state index is 12.8. The minimum atomic E-state index is -0.0565. The summed E-state index contributed by atoms with van der Waals surface area (Å²) in [5.41, 5.74) is 4.94. The Hall–Kier alpha value is -2.58. The van der Waals surface area contributed by atoms with Crippen LogP contribution in [-0.4, -0.2) is 5.78 Å². The minimum Gasteiger partial charge on any atom is -0.355 e. The van der Waals surface area contributed by atoms with Crippen molar-refractivity contribution in [3.05, 3.63) is 94.0 Å². The van der Waals surface area contributed by atoms with Gasteiger partial charge < -0.3 is 5.32 Å². The van der Waals surface area contributed by atoms with Gasteiger partial charge in [0, 0.05) is 28.6 Å². The fraction of sp³-hybridized carbons (Fsp3) is 0.0952. The highest BCUT2D eigenvalue weighted by atomic mass is 35.5. The second kappa shape index (κ2) is 6.90. The molecule has 3 aromatic carbocycles. The summed E-state index contributed by atoms with van der Waals surface area (Å²) in [7, 11) is 0. The lowest BCUT2D eigenvalue weighted by molar-refractivity contribution is 0.103. The highest BCUT2D eigenvalue weighted by Gasteiger charge is 2.16. The van der Waals surface area contributed by atoms with E-state index in [-0.39, 0.29) is 5.78 Å². The highest BCUT2D eigenvalue weighted by Crippen LogP contribution is 2.27. The highest BCUT2D eigenvalue weighted by molar-refractivity contribution is 6.35. The summed E-state index contributed by atoms with van der Waals surface area (Å²) < 4.78 is 0. The lowest BCUT2D eigenvalue weighted by Crippen LogP contribution is -2.06. The molecular formula is C21H17ClNO. The minimum absolute atomic E-state index is 0.0565. The number of hydrogen-bond acceptors (Lipinski definition) is 2. The molecule has 1 N–H and O–H groups in total. The lowest BCUT2D eigenvalue weighted by Gasteiger charge is -2.11. The number of para-hydroxylation sites is 1. The van der Waals surface area contributed by atoms with Gasteiger partial charge in [-0.25, -0.2) is 0 Å². The van der Waals surface area contributed by atoms with E-state index in [1.807, 2.05) is 62.4 Å². The zero-order valence-electron chi connectivity index (χ0n) is 13.6. The van der Waals surface area contributed by atoms with Gasteiger partial charge in [0.25, 0.3) is 0 Å². The van der Waals surface area contributed by atoms with Gasteiger partial charge in [0.15, 0.2) is 5.78 Å². The quantitative estimate of drug-likeness (QED) is 0.617. The number of nitrogens with one attached hydrogen (secondary N) is 1. The molecule has 119 valence electrons. The summed E-state index contributed by atoms with van der Waals surface area (Å²) in [4.78, 5) is 12.8. The average molecular weight is 335 g/mol. The maximum Gasteiger partial charge on any atom is 0.194 e. The predicted octanol–water partition coefficient (Wildman–Crippen LogP) is 5.73. The van der Waals surface area contributed by atoms with Gasteiger partial charge in [-0.05, 0) is 49.2 Å². The molecule has 0 atom stereocenters. The fourth-order valence-electron chi connectivity index (χ4n) is 2.55. The molecule has 3 heteroatoms. The van der Waals surface area contributed by atoms with E-state index in [0.29, 0.717) is 16.1 Å². The van der Waals surface area contributed by atoms with Crippen molar-refractivity contribution in [3.8, 4) is 0 Å². The van der Waals surface area contributed by atoms with Gasteiger partial charge in [0.1, 0.15) is 0 Å². The van der Waals surface area contributed by atoms with Crippen molar-refractivity contribution in [3.63, 3.8) is 0 Å². The van der Waals surface area contributed by atoms with Crippen LogP contribution in [-0.2, 0) is 0 Å². The third kappa shape index (κ3) is 3.34. The van der Waals surface area contributed by atoms with Crippen molar-refractivity contribution in [2.24, 2.45) is 0 Å². The number of halogens is 1. The molecule has 0 bridgehead atoms. The first-order chi connectivity index (χ1) is 11.6. The van der Waals surface area contributed by atoms with Crippen molar-refractivity contribution in [2.75, 3.05) is 5.32 Å². The molecule has 24 heavy (non-hydrogen) atoms. The van der Waals surface area contributed by atoms with Crippen molar-refractivity contribution in [1.82, 2.24) is 0 Å². The van der Waals surface area contributed by atoms with Crippen LogP contribution in [0.25, 0.3) is 0 Å². The SMILES string of the molecule is Cc1cccc(C(=O)c2ccc(Nc3[c]cccc3)cc2Cl)c1C. The van der Waals surface area contributed by atoms with Crippen LogP contribution >= 0.6 is 11.6 Å². The Kier molecular flexibility index (Phi) is 4.68. The number of aryl methyl sites for hydroxylation is 1. The van der Waals surface area contributed by atoms with Crippen LogP contribution in [0.1, 0.15) is 27.0 Å². The Morgan fingerprint density at radius 2 is 1.83 bits per heavy atom. The van der Waals surface area contributed by atoms with Crippen LogP contribution in [0.2, 0.25) is 5.02 Å². The Bertz CT molecular complexity index is 888. The van der Waals surface area contributed by atoms with Crippen LogP contribution < -0.4 is 5.32 Å². The molecule has 0 aliphatic rings. The van der Waals surface area contributed by atoms with Gasteiger partial charge in [0.2, 0.25) is 0 Å². The summed E-state index contributed by atoms with van der Waals surface area (Å²) in [6, 6.07) is 21.8. The topological polar surface area (TPSA) is 29.1 Å². The molecule has 3 rings (SSSR count). The molecule has 0 aliphatic carbocycles. The Labute approximate surface area is 147 Å². The first-order valence-electron chi connectivity index (χ1n) is 7.70. The second-order valence-electron chi connectivity index (χ2n) is 5.67. The van der Waals surface area contributed by atoms with Crippen molar-refractivity contribution in [2.45, 2.75) is 13.8 Å². The molecule has 0 spiro atoms. The van der Waals surface area contributed by atoms with Gasteiger partial charge >= 0.3 is 0 Å². The van der Waals surface area contributed by atoms with E-state index in [1.54, 1.807) is 12.1 Å². The largest absolute Gasteiger partial charge is 0.355 e. The monoisotopic (exact) mass is 334 g/mol. The van der Waals surface area contributed by atoms with Gasteiger partial charge in [-0.3, -0.25) is 4.79 Å². The second-order valence-corrected chi connectivity index (χ2v) is 6.08. The molecule has 0 aliphatic heterocycles. The van der Waals surface area contributed by atoms with Crippen LogP contribution in [0.15, 0.2) is 60.7 Å². The smallest absolute Gasteiger partial charge is 0.194 e. The summed E-state index contributed by atoms with van der Waals surface area (Å²) in [6.45, 7) is 3.95. The molecule has 2 nitrogen and oxygen atoms in total. The van der Waals surface area contributed by atoms with E-state index in [0.717, 1.165) is 22.5 Å². The molecule has 1 radical (unpaired) electrons. The number of hydrogen-bond donors (Lipinski definition) is 1. The third-order valence-electron chi connectivity index (χ3n) is 4.05. The Morgan fingerprint density at radius 3 is 2.54 bits per heavy atom. The third-order valence-corrected chi connectivity index (χ3v) is 4.36. The van der Waals surface area contributed by atoms with Gasteiger partial charge in [0.05, 0.1) is 5.02 Å². The van der Waals surface area contributed by atoms with Crippen LogP contribution in [0.3, 0.4) is 0 Å². The molecule has 0 saturated carbocycles. The molecular weight excluding hydrogens is 318 g/mol. The number of anilines is 2. The molecule has 0 amide bonds. The van der Waals surface area contributed by atoms with Crippen LogP contribution in [0.5, 0.6) is 0 Å². The Balaban J connectivity index is 1.90. The van der Waals surface area contributed by atoms with Crippen molar-refractivity contribution < 1.29 is 4.79 Å². The van der Waals surface area contributed by atoms with Gasteiger partial charge in [-0.2, -0.15) is 0 Å².